The van der Waals surface area contributed by atoms with Gasteiger partial charge >= 0.3 is 6.09 Å². The highest BCUT2D eigenvalue weighted by Crippen LogP contribution is 1.81. The van der Waals surface area contributed by atoms with Crippen LogP contribution in [0.2, 0.25) is 0 Å². The second-order valence-corrected chi connectivity index (χ2v) is 2.68. The molecule has 3 N–H and O–H groups in total. The standard InChI is InChI=1S/C10H18O3.CH3NO2/c1-3-5-11-7-9-13-10-8-12-6-4-2;2-1(3)4/h3-4H,1-2,5-10H2;2H2,(H,3,4). The molecule has 0 heterocycles. The van der Waals surface area contributed by atoms with E-state index in [1.807, 2.05) is 0 Å². The highest BCUT2D eigenvalue weighted by atomic mass is 16.5. The highest BCUT2D eigenvalue weighted by Gasteiger charge is 1.88. The molecule has 0 aliphatic carbocycles. The van der Waals surface area contributed by atoms with Gasteiger partial charge in [-0.3, -0.25) is 0 Å². The number of hydrogen-bond acceptors (Lipinski definition) is 4. The van der Waals surface area contributed by atoms with Crippen LogP contribution in [0.25, 0.3) is 0 Å². The summed E-state index contributed by atoms with van der Waals surface area (Å²) in [5, 5.41) is 7.19. The molecule has 0 aromatic heterocycles. The van der Waals surface area contributed by atoms with E-state index in [1.165, 1.54) is 0 Å². The summed E-state index contributed by atoms with van der Waals surface area (Å²) in [7, 11) is 0. The predicted molar refractivity (Wildman–Crippen MR) is 65.1 cm³/mol. The van der Waals surface area contributed by atoms with Crippen LogP contribution in [-0.4, -0.2) is 50.8 Å². The van der Waals surface area contributed by atoms with Crippen molar-refractivity contribution in [1.82, 2.24) is 0 Å². The average Bonchev–Trinajstić information content (AvgIpc) is 2.26. The van der Waals surface area contributed by atoms with E-state index in [0.717, 1.165) is 0 Å². The second-order valence-electron chi connectivity index (χ2n) is 2.68. The zero-order valence-electron chi connectivity index (χ0n) is 9.97. The van der Waals surface area contributed by atoms with Crippen molar-refractivity contribution in [1.29, 1.82) is 0 Å². The lowest BCUT2D eigenvalue weighted by atomic mass is 10.6. The Hall–Kier alpha value is -1.37. The Morgan fingerprint density at radius 3 is 1.59 bits per heavy atom. The van der Waals surface area contributed by atoms with Gasteiger partial charge in [0.1, 0.15) is 0 Å². The van der Waals surface area contributed by atoms with Crippen molar-refractivity contribution < 1.29 is 24.1 Å². The first-order valence-electron chi connectivity index (χ1n) is 5.08. The number of hydrogen-bond donors (Lipinski definition) is 2. The van der Waals surface area contributed by atoms with Crippen LogP contribution in [0.3, 0.4) is 0 Å². The summed E-state index contributed by atoms with van der Waals surface area (Å²) in [5.41, 5.74) is 4.03. The van der Waals surface area contributed by atoms with E-state index >= 15 is 0 Å². The Morgan fingerprint density at radius 1 is 1.00 bits per heavy atom. The molecule has 17 heavy (non-hydrogen) atoms. The van der Waals surface area contributed by atoms with E-state index in [2.05, 4.69) is 18.9 Å². The van der Waals surface area contributed by atoms with Crippen LogP contribution in [0.4, 0.5) is 4.79 Å². The number of primary amides is 1. The minimum Gasteiger partial charge on any atom is -0.465 e. The number of carboxylic acid groups (broad SMARTS) is 1. The molecule has 0 spiro atoms. The molecule has 0 saturated carbocycles. The van der Waals surface area contributed by atoms with Gasteiger partial charge < -0.3 is 25.1 Å². The molecule has 0 aromatic carbocycles. The van der Waals surface area contributed by atoms with Crippen molar-refractivity contribution in [2.45, 2.75) is 0 Å². The molecule has 0 aliphatic heterocycles. The summed E-state index contributed by atoms with van der Waals surface area (Å²) in [5.74, 6) is 0. The molecule has 0 bridgehead atoms. The third-order valence-corrected chi connectivity index (χ3v) is 1.22. The van der Waals surface area contributed by atoms with Crippen LogP contribution in [-0.2, 0) is 14.2 Å². The predicted octanol–water partition coefficient (Wildman–Crippen LogP) is 1.03. The third kappa shape index (κ3) is 31.3. The normalized spacial score (nSPS) is 8.94. The van der Waals surface area contributed by atoms with Crippen molar-refractivity contribution in [2.24, 2.45) is 5.73 Å². The molecule has 100 valence electrons. The molecule has 6 heteroatoms. The van der Waals surface area contributed by atoms with Crippen LogP contribution < -0.4 is 5.73 Å². The van der Waals surface area contributed by atoms with Crippen LogP contribution in [0, 0.1) is 0 Å². The summed E-state index contributed by atoms with van der Waals surface area (Å²) < 4.78 is 15.4. The first-order chi connectivity index (χ1) is 8.15. The smallest absolute Gasteiger partial charge is 0.402 e. The maximum atomic E-state index is 8.78. The first-order valence-corrected chi connectivity index (χ1v) is 5.08. The summed E-state index contributed by atoms with van der Waals surface area (Å²) in [6, 6.07) is 0. The molecule has 0 aliphatic rings. The fraction of sp³-hybridized carbons (Fsp3) is 0.545. The molecule has 6 nitrogen and oxygen atoms in total. The number of amides is 1. The number of rotatable bonds is 10. The fourth-order valence-corrected chi connectivity index (χ4v) is 0.671. The van der Waals surface area contributed by atoms with Gasteiger partial charge in [0.25, 0.3) is 0 Å². The van der Waals surface area contributed by atoms with E-state index in [-0.39, 0.29) is 0 Å². The lowest BCUT2D eigenvalue weighted by Gasteiger charge is -2.04. The van der Waals surface area contributed by atoms with Gasteiger partial charge in [0.05, 0.1) is 39.6 Å². The molecule has 0 unspecified atom stereocenters. The van der Waals surface area contributed by atoms with E-state index < -0.39 is 6.09 Å². The van der Waals surface area contributed by atoms with Gasteiger partial charge in [0, 0.05) is 0 Å². The van der Waals surface area contributed by atoms with Crippen molar-refractivity contribution in [2.75, 3.05) is 39.6 Å². The monoisotopic (exact) mass is 247 g/mol. The van der Waals surface area contributed by atoms with E-state index in [1.54, 1.807) is 12.2 Å². The molecule has 0 radical (unpaired) electrons. The molecule has 0 fully saturated rings. The zero-order valence-corrected chi connectivity index (χ0v) is 9.97. The average molecular weight is 247 g/mol. The Kier molecular flexibility index (Phi) is 18.0. The van der Waals surface area contributed by atoms with Gasteiger partial charge in [-0.15, -0.1) is 13.2 Å². The van der Waals surface area contributed by atoms with Crippen molar-refractivity contribution in [3.63, 3.8) is 0 Å². The van der Waals surface area contributed by atoms with Gasteiger partial charge in [-0.1, -0.05) is 12.2 Å². The molecule has 0 aromatic rings. The summed E-state index contributed by atoms with van der Waals surface area (Å²) in [6.07, 6.45) is 2.10. The number of carbonyl (C=O) groups is 1. The Balaban J connectivity index is 0. The summed E-state index contributed by atoms with van der Waals surface area (Å²) >= 11 is 0. The number of ether oxygens (including phenoxy) is 3. The van der Waals surface area contributed by atoms with Gasteiger partial charge in [-0.2, -0.15) is 0 Å². The lowest BCUT2D eigenvalue weighted by molar-refractivity contribution is 0.0253. The molecule has 0 saturated heterocycles. The maximum Gasteiger partial charge on any atom is 0.402 e. The Morgan fingerprint density at radius 2 is 1.29 bits per heavy atom. The van der Waals surface area contributed by atoms with E-state index in [0.29, 0.717) is 39.6 Å². The Labute approximate surface area is 102 Å². The number of nitrogens with two attached hydrogens (primary N) is 1. The Bertz CT molecular complexity index is 178. The van der Waals surface area contributed by atoms with Gasteiger partial charge in [0.15, 0.2) is 0 Å². The lowest BCUT2D eigenvalue weighted by Crippen LogP contribution is -2.09. The maximum absolute atomic E-state index is 8.78. The highest BCUT2D eigenvalue weighted by molar-refractivity contribution is 5.61. The first kappa shape index (κ1) is 18.0. The second kappa shape index (κ2) is 17.0. The van der Waals surface area contributed by atoms with Crippen LogP contribution in [0.1, 0.15) is 0 Å². The quantitative estimate of drug-likeness (QED) is 0.444. The van der Waals surface area contributed by atoms with E-state index in [4.69, 9.17) is 24.1 Å². The van der Waals surface area contributed by atoms with E-state index in [9.17, 15) is 0 Å². The van der Waals surface area contributed by atoms with Crippen LogP contribution in [0.5, 0.6) is 0 Å². The molecule has 0 rings (SSSR count). The minimum absolute atomic E-state index is 0.580. The van der Waals surface area contributed by atoms with Crippen molar-refractivity contribution in [3.05, 3.63) is 25.3 Å². The van der Waals surface area contributed by atoms with Gasteiger partial charge in [-0.25, -0.2) is 4.79 Å². The summed E-state index contributed by atoms with van der Waals surface area (Å²) in [6.45, 7) is 10.6. The van der Waals surface area contributed by atoms with Crippen LogP contribution in [0.15, 0.2) is 25.3 Å². The zero-order chi connectivity index (χ0) is 13.4. The topological polar surface area (TPSA) is 91.0 Å². The molecular formula is C11H21NO5. The third-order valence-electron chi connectivity index (χ3n) is 1.22. The van der Waals surface area contributed by atoms with Gasteiger partial charge in [0.2, 0.25) is 0 Å². The SMILES string of the molecule is C=CCOCCOCCOCC=C.NC(=O)O. The minimum atomic E-state index is -1.33. The molecule has 1 amide bonds. The van der Waals surface area contributed by atoms with Crippen molar-refractivity contribution >= 4 is 6.09 Å². The van der Waals surface area contributed by atoms with Crippen LogP contribution >= 0.6 is 0 Å². The van der Waals surface area contributed by atoms with Gasteiger partial charge in [-0.05, 0) is 0 Å². The largest absolute Gasteiger partial charge is 0.465 e. The van der Waals surface area contributed by atoms with Crippen molar-refractivity contribution in [3.8, 4) is 0 Å². The molecule has 0 atom stereocenters. The fourth-order valence-electron chi connectivity index (χ4n) is 0.671. The molecular weight excluding hydrogens is 226 g/mol. The summed E-state index contributed by atoms with van der Waals surface area (Å²) in [4.78, 5) is 8.78.